The first-order chi connectivity index (χ1) is 8.04. The first kappa shape index (κ1) is 13.5. The summed E-state index contributed by atoms with van der Waals surface area (Å²) in [6.45, 7) is 6.29. The summed E-state index contributed by atoms with van der Waals surface area (Å²) in [5.41, 5.74) is 5.23. The van der Waals surface area contributed by atoms with Crippen LogP contribution in [0, 0.1) is 20.8 Å². The van der Waals surface area contributed by atoms with Gasteiger partial charge in [0, 0.05) is 0 Å². The van der Waals surface area contributed by atoms with Crippen molar-refractivity contribution in [2.75, 3.05) is 6.61 Å². The van der Waals surface area contributed by atoms with Gasteiger partial charge in [-0.3, -0.25) is 4.79 Å². The smallest absolute Gasteiger partial charge is 0.329 e. The quantitative estimate of drug-likeness (QED) is 0.597. The minimum atomic E-state index is -0.450. The highest BCUT2D eigenvalue weighted by Crippen LogP contribution is 2.23. The van der Waals surface area contributed by atoms with Crippen LogP contribution in [0.3, 0.4) is 0 Å². The van der Waals surface area contributed by atoms with E-state index in [4.69, 9.17) is 10.6 Å². The second kappa shape index (κ2) is 6.22. The molecular weight excluding hydrogens is 220 g/mol. The molecule has 0 radical (unpaired) electrons. The fraction of sp³-hybridized carbons (Fsp3) is 0.417. The van der Waals surface area contributed by atoms with Gasteiger partial charge in [-0.25, -0.2) is 5.84 Å². The van der Waals surface area contributed by atoms with E-state index in [0.29, 0.717) is 0 Å². The van der Waals surface area contributed by atoms with Crippen LogP contribution in [0.15, 0.2) is 12.1 Å². The Hall–Kier alpha value is -1.59. The molecule has 0 aliphatic rings. The summed E-state index contributed by atoms with van der Waals surface area (Å²) in [5, 5.41) is 0. The molecule has 0 saturated heterocycles. The van der Waals surface area contributed by atoms with Crippen LogP contribution < -0.4 is 16.2 Å². The van der Waals surface area contributed by atoms with Gasteiger partial charge in [0.05, 0.1) is 13.0 Å². The Morgan fingerprint density at radius 3 is 2.71 bits per heavy atom. The molecule has 3 N–H and O–H groups in total. The van der Waals surface area contributed by atoms with Crippen molar-refractivity contribution in [2.24, 2.45) is 5.84 Å². The summed E-state index contributed by atoms with van der Waals surface area (Å²) in [5.74, 6) is 5.19. The second-order valence-corrected chi connectivity index (χ2v) is 3.90. The van der Waals surface area contributed by atoms with E-state index in [1.807, 2.05) is 32.4 Å². The Morgan fingerprint density at radius 1 is 1.35 bits per heavy atom. The van der Waals surface area contributed by atoms with Crippen molar-refractivity contribution in [1.29, 1.82) is 0 Å². The van der Waals surface area contributed by atoms with Gasteiger partial charge in [0.1, 0.15) is 5.75 Å². The average Bonchev–Trinajstić information content (AvgIpc) is 2.25. The molecular formula is C12H18N2O3. The summed E-state index contributed by atoms with van der Waals surface area (Å²) in [7, 11) is 0. The lowest BCUT2D eigenvalue weighted by Gasteiger charge is -2.11. The third kappa shape index (κ3) is 4.05. The van der Waals surface area contributed by atoms with Crippen LogP contribution in [0.2, 0.25) is 0 Å². The van der Waals surface area contributed by atoms with Gasteiger partial charge in [-0.15, -0.1) is 0 Å². The van der Waals surface area contributed by atoms with Crippen molar-refractivity contribution in [3.8, 4) is 5.75 Å². The Labute approximate surface area is 101 Å². The first-order valence-corrected chi connectivity index (χ1v) is 5.40. The molecule has 0 fully saturated rings. The van der Waals surface area contributed by atoms with Crippen LogP contribution >= 0.6 is 0 Å². The number of hydrogen-bond donors (Lipinski definition) is 2. The number of carbonyl (C=O) groups excluding carboxylic acids is 1. The van der Waals surface area contributed by atoms with Crippen molar-refractivity contribution < 1.29 is 14.4 Å². The Balaban J connectivity index is 2.55. The number of carbonyl (C=O) groups is 1. The zero-order chi connectivity index (χ0) is 12.8. The topological polar surface area (TPSA) is 73.6 Å². The SMILES string of the molecule is Cc1cc(C)c(C)c(OCCC(=O)ONN)c1. The van der Waals surface area contributed by atoms with Crippen molar-refractivity contribution in [1.82, 2.24) is 5.59 Å². The van der Waals surface area contributed by atoms with E-state index in [9.17, 15) is 4.79 Å². The summed E-state index contributed by atoms with van der Waals surface area (Å²) in [6.07, 6.45) is 0.149. The standard InChI is InChI=1S/C12H18N2O3/c1-8-6-9(2)10(3)11(7-8)16-5-4-12(15)17-14-13/h6-7,14H,4-5,13H2,1-3H3. The number of ether oxygens (including phenoxy) is 1. The third-order valence-electron chi connectivity index (χ3n) is 2.50. The van der Waals surface area contributed by atoms with Crippen molar-refractivity contribution in [3.05, 3.63) is 28.8 Å². The number of rotatable bonds is 5. The van der Waals surface area contributed by atoms with E-state index in [0.717, 1.165) is 16.9 Å². The van der Waals surface area contributed by atoms with E-state index in [1.165, 1.54) is 5.56 Å². The minimum absolute atomic E-state index is 0.149. The van der Waals surface area contributed by atoms with E-state index < -0.39 is 5.97 Å². The molecule has 0 atom stereocenters. The summed E-state index contributed by atoms with van der Waals surface area (Å²) in [6, 6.07) is 4.05. The average molecular weight is 238 g/mol. The Kier molecular flexibility index (Phi) is 4.93. The van der Waals surface area contributed by atoms with E-state index in [2.05, 4.69) is 10.9 Å². The number of aryl methyl sites for hydroxylation is 2. The maximum atomic E-state index is 11.0. The van der Waals surface area contributed by atoms with Crippen LogP contribution in [-0.4, -0.2) is 12.6 Å². The molecule has 0 bridgehead atoms. The van der Waals surface area contributed by atoms with E-state index in [1.54, 1.807) is 0 Å². The molecule has 0 amide bonds. The molecule has 0 spiro atoms. The predicted octanol–water partition coefficient (Wildman–Crippen LogP) is 1.30. The van der Waals surface area contributed by atoms with Gasteiger partial charge in [0.15, 0.2) is 0 Å². The van der Waals surface area contributed by atoms with Gasteiger partial charge < -0.3 is 9.57 Å². The lowest BCUT2D eigenvalue weighted by molar-refractivity contribution is -0.151. The van der Waals surface area contributed by atoms with Crippen molar-refractivity contribution >= 4 is 5.97 Å². The summed E-state index contributed by atoms with van der Waals surface area (Å²) < 4.78 is 5.55. The number of nitrogens with two attached hydrogens (primary N) is 1. The highest BCUT2D eigenvalue weighted by molar-refractivity contribution is 5.69. The lowest BCUT2D eigenvalue weighted by Crippen LogP contribution is -2.27. The zero-order valence-corrected chi connectivity index (χ0v) is 10.4. The molecule has 17 heavy (non-hydrogen) atoms. The normalized spacial score (nSPS) is 10.1. The van der Waals surface area contributed by atoms with E-state index in [-0.39, 0.29) is 13.0 Å². The van der Waals surface area contributed by atoms with Gasteiger partial charge in [-0.1, -0.05) is 11.7 Å². The van der Waals surface area contributed by atoms with Gasteiger partial charge in [0.2, 0.25) is 0 Å². The maximum Gasteiger partial charge on any atom is 0.329 e. The van der Waals surface area contributed by atoms with Crippen molar-refractivity contribution in [2.45, 2.75) is 27.2 Å². The lowest BCUT2D eigenvalue weighted by atomic mass is 10.1. The molecule has 0 aliphatic carbocycles. The molecule has 5 nitrogen and oxygen atoms in total. The second-order valence-electron chi connectivity index (χ2n) is 3.90. The van der Waals surface area contributed by atoms with Gasteiger partial charge in [0.25, 0.3) is 0 Å². The molecule has 0 aromatic heterocycles. The Bertz CT molecular complexity index is 405. The highest BCUT2D eigenvalue weighted by Gasteiger charge is 2.06. The predicted molar refractivity (Wildman–Crippen MR) is 64.2 cm³/mol. The number of benzene rings is 1. The molecule has 0 saturated carbocycles. The van der Waals surface area contributed by atoms with Gasteiger partial charge in [-0.05, 0) is 43.5 Å². The molecule has 1 rings (SSSR count). The zero-order valence-electron chi connectivity index (χ0n) is 10.4. The minimum Gasteiger partial charge on any atom is -0.493 e. The molecule has 0 aliphatic heterocycles. The fourth-order valence-electron chi connectivity index (χ4n) is 1.51. The third-order valence-corrected chi connectivity index (χ3v) is 2.50. The maximum absolute atomic E-state index is 11.0. The van der Waals surface area contributed by atoms with Crippen LogP contribution in [0.1, 0.15) is 23.1 Å². The largest absolute Gasteiger partial charge is 0.493 e. The molecule has 5 heteroatoms. The highest BCUT2D eigenvalue weighted by atomic mass is 16.7. The number of hydrazine groups is 1. The molecule has 94 valence electrons. The van der Waals surface area contributed by atoms with Crippen LogP contribution in [0.5, 0.6) is 5.75 Å². The summed E-state index contributed by atoms with van der Waals surface area (Å²) >= 11 is 0. The van der Waals surface area contributed by atoms with Gasteiger partial charge >= 0.3 is 5.97 Å². The first-order valence-electron chi connectivity index (χ1n) is 5.40. The van der Waals surface area contributed by atoms with Gasteiger partial charge in [-0.2, -0.15) is 0 Å². The molecule has 0 unspecified atom stereocenters. The van der Waals surface area contributed by atoms with Crippen LogP contribution in [-0.2, 0) is 9.63 Å². The Morgan fingerprint density at radius 2 is 2.06 bits per heavy atom. The molecule has 1 aromatic rings. The van der Waals surface area contributed by atoms with Crippen LogP contribution in [0.25, 0.3) is 0 Å². The fourth-order valence-corrected chi connectivity index (χ4v) is 1.51. The van der Waals surface area contributed by atoms with E-state index >= 15 is 0 Å². The monoisotopic (exact) mass is 238 g/mol. The number of hydrogen-bond acceptors (Lipinski definition) is 5. The number of nitrogens with one attached hydrogen (secondary N) is 1. The summed E-state index contributed by atoms with van der Waals surface area (Å²) in [4.78, 5) is 15.4. The van der Waals surface area contributed by atoms with Crippen LogP contribution in [0.4, 0.5) is 0 Å². The molecule has 1 aromatic carbocycles. The molecule has 0 heterocycles. The van der Waals surface area contributed by atoms with Crippen molar-refractivity contribution in [3.63, 3.8) is 0 Å².